The van der Waals surface area contributed by atoms with Gasteiger partial charge in [0.2, 0.25) is 0 Å². The van der Waals surface area contributed by atoms with Crippen LogP contribution in [0.5, 0.6) is 0 Å². The molecule has 0 aliphatic carbocycles. The van der Waals surface area contributed by atoms with Crippen molar-refractivity contribution in [2.75, 3.05) is 9.80 Å². The van der Waals surface area contributed by atoms with Crippen molar-refractivity contribution >= 4 is 88.8 Å². The molecule has 13 rings (SSSR count). The number of furan rings is 2. The van der Waals surface area contributed by atoms with E-state index in [9.17, 15) is 0 Å². The van der Waals surface area contributed by atoms with E-state index in [2.05, 4.69) is 246 Å². The summed E-state index contributed by atoms with van der Waals surface area (Å²) in [5.74, 6) is 0. The maximum atomic E-state index is 6.76. The van der Waals surface area contributed by atoms with Crippen LogP contribution in [0.1, 0.15) is 0 Å². The topological polar surface area (TPSA) is 32.8 Å². The predicted molar refractivity (Wildman–Crippen MR) is 284 cm³/mol. The summed E-state index contributed by atoms with van der Waals surface area (Å²) in [6.45, 7) is 0. The minimum atomic E-state index is 0.828. The molecule has 0 saturated heterocycles. The van der Waals surface area contributed by atoms with Gasteiger partial charge in [-0.2, -0.15) is 0 Å². The predicted octanol–water partition coefficient (Wildman–Crippen LogP) is 18.6. The molecule has 0 radical (unpaired) electrons. The molecule has 4 nitrogen and oxygen atoms in total. The third-order valence-electron chi connectivity index (χ3n) is 13.3. The first-order chi connectivity index (χ1) is 33.7. The van der Waals surface area contributed by atoms with E-state index in [0.29, 0.717) is 0 Å². The van der Waals surface area contributed by atoms with Crippen LogP contribution in [0.15, 0.2) is 264 Å². The van der Waals surface area contributed by atoms with Crippen molar-refractivity contribution in [3.63, 3.8) is 0 Å². The molecular weight excluding hydrogens is 829 g/mol. The number of nitrogens with zero attached hydrogens (tertiary/aromatic N) is 2. The molecule has 2 aromatic heterocycles. The van der Waals surface area contributed by atoms with Crippen molar-refractivity contribution in [2.45, 2.75) is 0 Å². The molecule has 0 N–H and O–H groups in total. The molecule has 13 aromatic rings. The summed E-state index contributed by atoms with van der Waals surface area (Å²) in [5.41, 5.74) is 16.3. The van der Waals surface area contributed by atoms with E-state index in [-0.39, 0.29) is 0 Å². The molecule has 2 heterocycles. The Bertz CT molecular complexity index is 3980. The molecular formula is C64H42N2O2. The minimum absolute atomic E-state index is 0.828. The fraction of sp³-hybridized carbons (Fsp3) is 0. The summed E-state index contributed by atoms with van der Waals surface area (Å²) in [6, 6.07) is 90.6. The molecule has 0 saturated carbocycles. The highest BCUT2D eigenvalue weighted by atomic mass is 16.3. The van der Waals surface area contributed by atoms with Gasteiger partial charge in [0, 0.05) is 67.3 Å². The zero-order valence-corrected chi connectivity index (χ0v) is 37.0. The first-order valence-electron chi connectivity index (χ1n) is 23.1. The molecule has 11 aromatic carbocycles. The van der Waals surface area contributed by atoms with E-state index in [1.54, 1.807) is 0 Å². The van der Waals surface area contributed by atoms with Gasteiger partial charge in [-0.1, -0.05) is 170 Å². The summed E-state index contributed by atoms with van der Waals surface area (Å²) in [6.07, 6.45) is 0. The van der Waals surface area contributed by atoms with Crippen molar-refractivity contribution in [2.24, 2.45) is 0 Å². The molecule has 4 heteroatoms. The van der Waals surface area contributed by atoms with E-state index < -0.39 is 0 Å². The monoisotopic (exact) mass is 870 g/mol. The number of hydrogen-bond donors (Lipinski definition) is 0. The molecule has 320 valence electrons. The lowest BCUT2D eigenvalue weighted by Crippen LogP contribution is -2.14. The van der Waals surface area contributed by atoms with Crippen LogP contribution in [-0.4, -0.2) is 0 Å². The van der Waals surface area contributed by atoms with Crippen molar-refractivity contribution in [3.8, 4) is 33.4 Å². The molecule has 0 aliphatic rings. The molecule has 68 heavy (non-hydrogen) atoms. The highest BCUT2D eigenvalue weighted by Gasteiger charge is 2.25. The number of para-hydroxylation sites is 3. The van der Waals surface area contributed by atoms with Gasteiger partial charge in [0.25, 0.3) is 0 Å². The lowest BCUT2D eigenvalue weighted by molar-refractivity contribution is 0.668. The van der Waals surface area contributed by atoms with E-state index in [4.69, 9.17) is 8.83 Å². The van der Waals surface area contributed by atoms with Crippen LogP contribution >= 0.6 is 0 Å². The maximum Gasteiger partial charge on any atom is 0.137 e. The quantitative estimate of drug-likeness (QED) is 0.145. The summed E-state index contributed by atoms with van der Waals surface area (Å²) >= 11 is 0. The highest BCUT2D eigenvalue weighted by Crippen LogP contribution is 2.49. The Labute approximate surface area is 393 Å². The zero-order valence-electron chi connectivity index (χ0n) is 37.0. The first kappa shape index (κ1) is 39.3. The van der Waals surface area contributed by atoms with Gasteiger partial charge in [-0.05, 0) is 100 Å². The van der Waals surface area contributed by atoms with Gasteiger partial charge in [-0.3, -0.25) is 0 Å². The Morgan fingerprint density at radius 2 is 0.662 bits per heavy atom. The second-order valence-corrected chi connectivity index (χ2v) is 17.3. The Morgan fingerprint density at radius 3 is 1.35 bits per heavy atom. The SMILES string of the molecule is c1ccc(-c2ccc(N(c3ccc4c(c3)oc3cc(-c5ccccc5)ccc34)c3ccccc3-c3ccccc3N(c3ccc4c(c3)oc3ccccc34)c3cccc4ccccc34)cc2)cc1. The molecule has 0 amide bonds. The average molecular weight is 871 g/mol. The van der Waals surface area contributed by atoms with Crippen LogP contribution in [0.2, 0.25) is 0 Å². The van der Waals surface area contributed by atoms with Crippen molar-refractivity contribution in [1.29, 1.82) is 0 Å². The average Bonchev–Trinajstić information content (AvgIpc) is 3.97. The van der Waals surface area contributed by atoms with Gasteiger partial charge in [-0.25, -0.2) is 0 Å². The smallest absolute Gasteiger partial charge is 0.137 e. The highest BCUT2D eigenvalue weighted by molar-refractivity contribution is 6.09. The summed E-state index contributed by atoms with van der Waals surface area (Å²) in [7, 11) is 0. The fourth-order valence-electron chi connectivity index (χ4n) is 10.0. The van der Waals surface area contributed by atoms with Gasteiger partial charge in [-0.15, -0.1) is 0 Å². The van der Waals surface area contributed by atoms with E-state index >= 15 is 0 Å². The van der Waals surface area contributed by atoms with Gasteiger partial charge in [0.05, 0.1) is 17.1 Å². The molecule has 0 fully saturated rings. The van der Waals surface area contributed by atoms with Crippen LogP contribution in [0.25, 0.3) is 88.0 Å². The number of rotatable bonds is 9. The van der Waals surface area contributed by atoms with Crippen LogP contribution in [0, 0.1) is 0 Å². The largest absolute Gasteiger partial charge is 0.456 e. The number of anilines is 6. The molecule has 0 bridgehead atoms. The van der Waals surface area contributed by atoms with Crippen LogP contribution in [0.3, 0.4) is 0 Å². The lowest BCUT2D eigenvalue weighted by atomic mass is 9.97. The minimum Gasteiger partial charge on any atom is -0.456 e. The van der Waals surface area contributed by atoms with Crippen molar-refractivity contribution in [3.05, 3.63) is 255 Å². The van der Waals surface area contributed by atoms with Crippen LogP contribution in [-0.2, 0) is 0 Å². The van der Waals surface area contributed by atoms with E-state index in [1.165, 1.54) is 10.9 Å². The van der Waals surface area contributed by atoms with Crippen LogP contribution in [0.4, 0.5) is 34.1 Å². The standard InChI is InChI=1S/C64H42N2O2/c1-3-16-43(17-4-1)45-30-33-48(34-31-45)65(49-35-38-57-55-37-32-47(44-18-5-2-6-19-44)40-62(55)68-64(57)41-49)59-26-12-9-23-52(59)53-24-10-13-27-60(53)66(58-28-15-21-46-20-7-8-22-51(46)58)50-36-39-56-54-25-11-14-29-61(54)67-63(56)42-50/h1-42H. The van der Waals surface area contributed by atoms with Crippen molar-refractivity contribution < 1.29 is 8.83 Å². The number of fused-ring (bicyclic) bond motifs is 7. The van der Waals surface area contributed by atoms with E-state index in [1.807, 2.05) is 18.2 Å². The summed E-state index contributed by atoms with van der Waals surface area (Å²) < 4.78 is 13.3. The Balaban J connectivity index is 1.01. The van der Waals surface area contributed by atoms with Gasteiger partial charge in [0.15, 0.2) is 0 Å². The third-order valence-corrected chi connectivity index (χ3v) is 13.3. The zero-order chi connectivity index (χ0) is 45.0. The molecule has 0 atom stereocenters. The normalized spacial score (nSPS) is 11.5. The maximum absolute atomic E-state index is 6.76. The van der Waals surface area contributed by atoms with E-state index in [0.717, 1.165) is 111 Å². The second kappa shape index (κ2) is 16.4. The second-order valence-electron chi connectivity index (χ2n) is 17.3. The molecule has 0 spiro atoms. The summed E-state index contributed by atoms with van der Waals surface area (Å²) in [5, 5.41) is 6.68. The number of hydrogen-bond acceptors (Lipinski definition) is 4. The Kier molecular flexibility index (Phi) is 9.47. The van der Waals surface area contributed by atoms with Gasteiger partial charge in [0.1, 0.15) is 22.3 Å². The third kappa shape index (κ3) is 6.78. The van der Waals surface area contributed by atoms with Crippen LogP contribution < -0.4 is 9.80 Å². The summed E-state index contributed by atoms with van der Waals surface area (Å²) in [4.78, 5) is 4.76. The Hall–Kier alpha value is -9.12. The molecule has 0 unspecified atom stereocenters. The molecule has 0 aliphatic heterocycles. The van der Waals surface area contributed by atoms with Crippen molar-refractivity contribution in [1.82, 2.24) is 0 Å². The van der Waals surface area contributed by atoms with Gasteiger partial charge < -0.3 is 18.6 Å². The lowest BCUT2D eigenvalue weighted by Gasteiger charge is -2.31. The number of benzene rings is 11. The Morgan fingerprint density at radius 1 is 0.235 bits per heavy atom. The first-order valence-corrected chi connectivity index (χ1v) is 23.1. The van der Waals surface area contributed by atoms with Gasteiger partial charge >= 0.3 is 0 Å². The fourth-order valence-corrected chi connectivity index (χ4v) is 10.0.